The first-order valence-electron chi connectivity index (χ1n) is 7.07. The van der Waals surface area contributed by atoms with Crippen LogP contribution < -0.4 is 10.2 Å². The summed E-state index contributed by atoms with van der Waals surface area (Å²) in [6.45, 7) is 6.13. The lowest BCUT2D eigenvalue weighted by Crippen LogP contribution is -2.20. The van der Waals surface area contributed by atoms with Gasteiger partial charge < -0.3 is 10.2 Å². The predicted octanol–water partition coefficient (Wildman–Crippen LogP) is 3.56. The summed E-state index contributed by atoms with van der Waals surface area (Å²) in [4.78, 5) is 12.4. The summed E-state index contributed by atoms with van der Waals surface area (Å²) in [6, 6.07) is 4.24. The van der Waals surface area contributed by atoms with Crippen LogP contribution in [0.3, 0.4) is 0 Å². The number of rotatable bonds is 7. The molecule has 2 heterocycles. The van der Waals surface area contributed by atoms with E-state index >= 15 is 0 Å². The van der Waals surface area contributed by atoms with Crippen molar-refractivity contribution >= 4 is 23.0 Å². The van der Waals surface area contributed by atoms with E-state index < -0.39 is 0 Å². The SMILES string of the molecule is CCCNc1ncnc(N(C)Cc2cccs2)c1CC. The summed E-state index contributed by atoms with van der Waals surface area (Å²) < 4.78 is 0. The molecule has 4 nitrogen and oxygen atoms in total. The van der Waals surface area contributed by atoms with Crippen molar-refractivity contribution in [2.75, 3.05) is 23.8 Å². The van der Waals surface area contributed by atoms with Gasteiger partial charge in [-0.1, -0.05) is 19.9 Å². The molecule has 2 aromatic rings. The molecule has 20 heavy (non-hydrogen) atoms. The smallest absolute Gasteiger partial charge is 0.137 e. The van der Waals surface area contributed by atoms with Crippen LogP contribution in [-0.4, -0.2) is 23.6 Å². The Morgan fingerprint density at radius 3 is 2.80 bits per heavy atom. The van der Waals surface area contributed by atoms with Crippen molar-refractivity contribution in [1.82, 2.24) is 9.97 Å². The van der Waals surface area contributed by atoms with Gasteiger partial charge in [0, 0.05) is 24.0 Å². The highest BCUT2D eigenvalue weighted by Crippen LogP contribution is 2.25. The molecule has 0 bridgehead atoms. The molecular formula is C15H22N4S. The molecule has 1 N–H and O–H groups in total. The minimum absolute atomic E-state index is 0.884. The second-order valence-electron chi connectivity index (χ2n) is 4.74. The van der Waals surface area contributed by atoms with Crippen LogP contribution in [0.15, 0.2) is 23.8 Å². The van der Waals surface area contributed by atoms with Gasteiger partial charge in [0.1, 0.15) is 18.0 Å². The summed E-state index contributed by atoms with van der Waals surface area (Å²) in [7, 11) is 2.09. The minimum atomic E-state index is 0.884. The second-order valence-corrected chi connectivity index (χ2v) is 5.77. The largest absolute Gasteiger partial charge is 0.370 e. The van der Waals surface area contributed by atoms with Crippen molar-refractivity contribution in [2.45, 2.75) is 33.2 Å². The highest BCUT2D eigenvalue weighted by atomic mass is 32.1. The molecule has 0 aliphatic heterocycles. The van der Waals surface area contributed by atoms with Crippen LogP contribution in [0.2, 0.25) is 0 Å². The Labute approximate surface area is 124 Å². The standard InChI is InChI=1S/C15H22N4S/c1-4-8-16-14-13(5-2)15(18-11-17-14)19(3)10-12-7-6-9-20-12/h6-7,9,11H,4-5,8,10H2,1-3H3,(H,16,17,18). The Hall–Kier alpha value is -1.62. The van der Waals surface area contributed by atoms with Crippen LogP contribution >= 0.6 is 11.3 Å². The predicted molar refractivity (Wildman–Crippen MR) is 86.6 cm³/mol. The van der Waals surface area contributed by atoms with E-state index in [4.69, 9.17) is 0 Å². The Bertz CT molecular complexity index is 525. The van der Waals surface area contributed by atoms with E-state index in [1.165, 1.54) is 10.4 Å². The molecule has 0 atom stereocenters. The number of hydrogen-bond donors (Lipinski definition) is 1. The number of aromatic nitrogens is 2. The lowest BCUT2D eigenvalue weighted by atomic mass is 10.2. The van der Waals surface area contributed by atoms with Crippen molar-refractivity contribution < 1.29 is 0 Å². The Morgan fingerprint density at radius 1 is 1.30 bits per heavy atom. The van der Waals surface area contributed by atoms with Gasteiger partial charge in [-0.25, -0.2) is 9.97 Å². The molecule has 0 saturated heterocycles. The van der Waals surface area contributed by atoms with E-state index in [0.29, 0.717) is 0 Å². The quantitative estimate of drug-likeness (QED) is 0.846. The van der Waals surface area contributed by atoms with Gasteiger partial charge in [-0.15, -0.1) is 11.3 Å². The van der Waals surface area contributed by atoms with Crippen molar-refractivity contribution in [3.8, 4) is 0 Å². The average molecular weight is 290 g/mol. The van der Waals surface area contributed by atoms with Crippen molar-refractivity contribution in [1.29, 1.82) is 0 Å². The summed E-state index contributed by atoms with van der Waals surface area (Å²) in [6.07, 6.45) is 3.67. The van der Waals surface area contributed by atoms with E-state index in [1.54, 1.807) is 17.7 Å². The minimum Gasteiger partial charge on any atom is -0.370 e. The third kappa shape index (κ3) is 3.48. The van der Waals surface area contributed by atoms with Gasteiger partial charge in [0.2, 0.25) is 0 Å². The van der Waals surface area contributed by atoms with E-state index in [0.717, 1.165) is 37.6 Å². The summed E-state index contributed by atoms with van der Waals surface area (Å²) in [5.41, 5.74) is 1.19. The molecule has 0 aromatic carbocycles. The average Bonchev–Trinajstić information content (AvgIpc) is 2.97. The lowest BCUT2D eigenvalue weighted by Gasteiger charge is -2.21. The summed E-state index contributed by atoms with van der Waals surface area (Å²) >= 11 is 1.78. The summed E-state index contributed by atoms with van der Waals surface area (Å²) in [5, 5.41) is 5.50. The van der Waals surface area contributed by atoms with Crippen LogP contribution in [0.25, 0.3) is 0 Å². The topological polar surface area (TPSA) is 41.1 Å². The molecule has 0 aliphatic carbocycles. The monoisotopic (exact) mass is 290 g/mol. The summed E-state index contributed by atoms with van der Waals surface area (Å²) in [5.74, 6) is 1.99. The zero-order valence-electron chi connectivity index (χ0n) is 12.4. The Kier molecular flexibility index (Phi) is 5.35. The van der Waals surface area contributed by atoms with E-state index in [1.807, 2.05) is 0 Å². The van der Waals surface area contributed by atoms with Crippen LogP contribution in [0.4, 0.5) is 11.6 Å². The van der Waals surface area contributed by atoms with E-state index in [2.05, 4.69) is 58.6 Å². The van der Waals surface area contributed by atoms with Gasteiger partial charge in [0.05, 0.1) is 6.54 Å². The molecular weight excluding hydrogens is 268 g/mol. The molecule has 0 spiro atoms. The fourth-order valence-corrected chi connectivity index (χ4v) is 2.92. The molecule has 0 saturated carbocycles. The maximum absolute atomic E-state index is 4.48. The molecule has 0 radical (unpaired) electrons. The lowest BCUT2D eigenvalue weighted by molar-refractivity contribution is 0.875. The first-order chi connectivity index (χ1) is 9.76. The number of anilines is 2. The first-order valence-corrected chi connectivity index (χ1v) is 7.95. The molecule has 2 aromatic heterocycles. The molecule has 0 unspecified atom stereocenters. The molecule has 2 rings (SSSR count). The van der Waals surface area contributed by atoms with Gasteiger partial charge in [-0.3, -0.25) is 0 Å². The number of nitrogens with one attached hydrogen (secondary N) is 1. The number of thiophene rings is 1. The molecule has 5 heteroatoms. The zero-order chi connectivity index (χ0) is 14.4. The Balaban J connectivity index is 2.21. The van der Waals surface area contributed by atoms with Crippen molar-refractivity contribution in [3.63, 3.8) is 0 Å². The maximum atomic E-state index is 4.48. The van der Waals surface area contributed by atoms with E-state index in [9.17, 15) is 0 Å². The third-order valence-corrected chi connectivity index (χ3v) is 4.01. The highest BCUT2D eigenvalue weighted by Gasteiger charge is 2.13. The van der Waals surface area contributed by atoms with E-state index in [-0.39, 0.29) is 0 Å². The fourth-order valence-electron chi connectivity index (χ4n) is 2.16. The highest BCUT2D eigenvalue weighted by molar-refractivity contribution is 7.09. The normalized spacial score (nSPS) is 10.6. The van der Waals surface area contributed by atoms with Gasteiger partial charge in [0.15, 0.2) is 0 Å². The maximum Gasteiger partial charge on any atom is 0.137 e. The van der Waals surface area contributed by atoms with Gasteiger partial charge in [-0.05, 0) is 24.3 Å². The number of hydrogen-bond acceptors (Lipinski definition) is 5. The van der Waals surface area contributed by atoms with Gasteiger partial charge in [-0.2, -0.15) is 0 Å². The molecule has 0 fully saturated rings. The number of nitrogens with zero attached hydrogens (tertiary/aromatic N) is 3. The van der Waals surface area contributed by atoms with Gasteiger partial charge in [0.25, 0.3) is 0 Å². The van der Waals surface area contributed by atoms with Crippen LogP contribution in [0, 0.1) is 0 Å². The van der Waals surface area contributed by atoms with Crippen LogP contribution in [-0.2, 0) is 13.0 Å². The van der Waals surface area contributed by atoms with Crippen LogP contribution in [0.1, 0.15) is 30.7 Å². The van der Waals surface area contributed by atoms with Gasteiger partial charge >= 0.3 is 0 Å². The van der Waals surface area contributed by atoms with Crippen molar-refractivity contribution in [3.05, 3.63) is 34.3 Å². The van der Waals surface area contributed by atoms with Crippen LogP contribution in [0.5, 0.6) is 0 Å². The fraction of sp³-hybridized carbons (Fsp3) is 0.467. The Morgan fingerprint density at radius 2 is 2.15 bits per heavy atom. The molecule has 0 amide bonds. The molecule has 108 valence electrons. The second kappa shape index (κ2) is 7.24. The van der Waals surface area contributed by atoms with Crippen molar-refractivity contribution in [2.24, 2.45) is 0 Å². The first kappa shape index (κ1) is 14.8. The zero-order valence-corrected chi connectivity index (χ0v) is 13.2. The third-order valence-electron chi connectivity index (χ3n) is 3.15. The molecule has 0 aliphatic rings.